The third-order valence-corrected chi connectivity index (χ3v) is 3.63. The van der Waals surface area contributed by atoms with E-state index in [1.165, 1.54) is 12.1 Å². The number of hydrogen-bond donors (Lipinski definition) is 3. The highest BCUT2D eigenvalue weighted by atomic mass is 19.1. The van der Waals surface area contributed by atoms with Gasteiger partial charge in [0.2, 0.25) is 5.91 Å². The van der Waals surface area contributed by atoms with E-state index in [0.717, 1.165) is 11.1 Å². The highest BCUT2D eigenvalue weighted by Gasteiger charge is 2.13. The number of benzene rings is 2. The molecule has 0 spiro atoms. The topological polar surface area (TPSA) is 107 Å². The van der Waals surface area contributed by atoms with Gasteiger partial charge in [-0.05, 0) is 55.2 Å². The van der Waals surface area contributed by atoms with E-state index in [1.54, 1.807) is 31.2 Å². The molecule has 27 heavy (non-hydrogen) atoms. The summed E-state index contributed by atoms with van der Waals surface area (Å²) in [7, 11) is 0. The lowest BCUT2D eigenvalue weighted by molar-refractivity contribution is -0.128. The van der Waals surface area contributed by atoms with E-state index in [9.17, 15) is 14.0 Å². The molecule has 2 rings (SSSR count). The summed E-state index contributed by atoms with van der Waals surface area (Å²) in [6, 6.07) is 12.9. The molecule has 7 heteroatoms. The molecule has 0 aromatic heterocycles. The molecule has 146 valence electrons. The monoisotopic (exact) mass is 375 g/mol. The zero-order valence-electron chi connectivity index (χ0n) is 15.4. The SMILES string of the molecule is CCOC=O.Nc1ccc(CC(N)C(=O)NCCc2ccc(F)cc2)cc1. The lowest BCUT2D eigenvalue weighted by atomic mass is 10.1. The van der Waals surface area contributed by atoms with Gasteiger partial charge in [0, 0.05) is 12.2 Å². The Morgan fingerprint density at radius 3 is 2.26 bits per heavy atom. The summed E-state index contributed by atoms with van der Waals surface area (Å²) in [5, 5.41) is 2.79. The fourth-order valence-corrected chi connectivity index (χ4v) is 2.18. The van der Waals surface area contributed by atoms with Gasteiger partial charge in [0.05, 0.1) is 12.6 Å². The highest BCUT2D eigenvalue weighted by molar-refractivity contribution is 5.81. The van der Waals surface area contributed by atoms with Crippen LogP contribution in [0.1, 0.15) is 18.1 Å². The van der Waals surface area contributed by atoms with Gasteiger partial charge in [0.1, 0.15) is 5.82 Å². The summed E-state index contributed by atoms with van der Waals surface area (Å²) in [5.74, 6) is -0.461. The van der Waals surface area contributed by atoms with Gasteiger partial charge in [-0.15, -0.1) is 0 Å². The van der Waals surface area contributed by atoms with Crippen molar-refractivity contribution < 1.29 is 18.7 Å². The summed E-state index contributed by atoms with van der Waals surface area (Å²) in [5.41, 5.74) is 14.1. The van der Waals surface area contributed by atoms with E-state index < -0.39 is 6.04 Å². The van der Waals surface area contributed by atoms with Crippen LogP contribution in [0.3, 0.4) is 0 Å². The van der Waals surface area contributed by atoms with Crippen LogP contribution in [0.5, 0.6) is 0 Å². The number of anilines is 1. The minimum atomic E-state index is -0.600. The van der Waals surface area contributed by atoms with Crippen LogP contribution in [-0.2, 0) is 27.2 Å². The minimum absolute atomic E-state index is 0.195. The van der Waals surface area contributed by atoms with Gasteiger partial charge >= 0.3 is 0 Å². The van der Waals surface area contributed by atoms with Crippen LogP contribution < -0.4 is 16.8 Å². The quantitative estimate of drug-likeness (QED) is 0.482. The number of halogens is 1. The van der Waals surface area contributed by atoms with E-state index in [1.807, 2.05) is 12.1 Å². The standard InChI is InChI=1S/C17H20FN3O.C3H6O2/c18-14-5-1-12(2-6-14)9-10-21-17(22)16(20)11-13-3-7-15(19)8-4-13;1-2-5-3-4/h1-8,16H,9-11,19-20H2,(H,21,22);3H,2H2,1H3. The van der Waals surface area contributed by atoms with Crippen LogP contribution in [0.4, 0.5) is 10.1 Å². The Labute approximate surface area is 158 Å². The van der Waals surface area contributed by atoms with E-state index >= 15 is 0 Å². The van der Waals surface area contributed by atoms with Crippen LogP contribution in [-0.4, -0.2) is 31.6 Å². The fraction of sp³-hybridized carbons (Fsp3) is 0.300. The summed E-state index contributed by atoms with van der Waals surface area (Å²) < 4.78 is 16.9. The molecule has 0 heterocycles. The maximum absolute atomic E-state index is 12.8. The third-order valence-electron chi connectivity index (χ3n) is 3.63. The van der Waals surface area contributed by atoms with Crippen LogP contribution in [0.15, 0.2) is 48.5 Å². The number of amides is 1. The van der Waals surface area contributed by atoms with Gasteiger partial charge < -0.3 is 21.5 Å². The second-order valence-corrected chi connectivity index (χ2v) is 5.77. The maximum atomic E-state index is 12.8. The summed E-state index contributed by atoms with van der Waals surface area (Å²) in [6.45, 7) is 3.14. The van der Waals surface area contributed by atoms with Crippen molar-refractivity contribution in [2.45, 2.75) is 25.8 Å². The Morgan fingerprint density at radius 1 is 1.15 bits per heavy atom. The van der Waals surface area contributed by atoms with Crippen molar-refractivity contribution in [3.63, 3.8) is 0 Å². The van der Waals surface area contributed by atoms with E-state index in [-0.39, 0.29) is 11.7 Å². The fourth-order valence-electron chi connectivity index (χ4n) is 2.18. The number of carbonyl (C=O) groups is 2. The largest absolute Gasteiger partial charge is 0.468 e. The number of nitrogens with two attached hydrogens (primary N) is 2. The van der Waals surface area contributed by atoms with Crippen LogP contribution >= 0.6 is 0 Å². The lowest BCUT2D eigenvalue weighted by Crippen LogP contribution is -2.42. The van der Waals surface area contributed by atoms with Gasteiger partial charge in [0.15, 0.2) is 0 Å². The van der Waals surface area contributed by atoms with Crippen molar-refractivity contribution in [2.24, 2.45) is 5.73 Å². The first kappa shape index (κ1) is 22.1. The molecule has 0 radical (unpaired) electrons. The zero-order valence-corrected chi connectivity index (χ0v) is 15.4. The second-order valence-electron chi connectivity index (χ2n) is 5.77. The number of carbonyl (C=O) groups excluding carboxylic acids is 2. The molecule has 0 saturated carbocycles. The Balaban J connectivity index is 0.000000646. The highest BCUT2D eigenvalue weighted by Crippen LogP contribution is 2.07. The van der Waals surface area contributed by atoms with Crippen LogP contribution in [0, 0.1) is 5.82 Å². The van der Waals surface area contributed by atoms with Crippen LogP contribution in [0.25, 0.3) is 0 Å². The maximum Gasteiger partial charge on any atom is 0.293 e. The summed E-state index contributed by atoms with van der Waals surface area (Å²) in [4.78, 5) is 21.1. The molecule has 0 aliphatic carbocycles. The number of hydrogen-bond acceptors (Lipinski definition) is 5. The molecule has 1 amide bonds. The molecule has 0 aliphatic rings. The first-order valence-electron chi connectivity index (χ1n) is 8.63. The van der Waals surface area contributed by atoms with Crippen molar-refractivity contribution >= 4 is 18.1 Å². The van der Waals surface area contributed by atoms with Gasteiger partial charge in [-0.25, -0.2) is 4.39 Å². The Hall–Kier alpha value is -2.93. The number of rotatable bonds is 8. The molecule has 0 aliphatic heterocycles. The van der Waals surface area contributed by atoms with E-state index in [2.05, 4.69) is 10.1 Å². The number of ether oxygens (including phenoxy) is 1. The second kappa shape index (κ2) is 12.4. The normalized spacial score (nSPS) is 10.9. The molecule has 1 unspecified atom stereocenters. The molecule has 2 aromatic rings. The van der Waals surface area contributed by atoms with Crippen molar-refractivity contribution in [3.05, 3.63) is 65.5 Å². The first-order chi connectivity index (χ1) is 13.0. The summed E-state index contributed by atoms with van der Waals surface area (Å²) >= 11 is 0. The van der Waals surface area contributed by atoms with Gasteiger partial charge in [-0.2, -0.15) is 0 Å². The lowest BCUT2D eigenvalue weighted by Gasteiger charge is -2.12. The van der Waals surface area contributed by atoms with Crippen LogP contribution in [0.2, 0.25) is 0 Å². The van der Waals surface area contributed by atoms with E-state index in [0.29, 0.717) is 38.2 Å². The Morgan fingerprint density at radius 2 is 1.74 bits per heavy atom. The van der Waals surface area contributed by atoms with Crippen molar-refractivity contribution in [1.29, 1.82) is 0 Å². The Kier molecular flexibility index (Phi) is 10.2. The molecule has 2 aromatic carbocycles. The van der Waals surface area contributed by atoms with Crippen molar-refractivity contribution in [2.75, 3.05) is 18.9 Å². The molecular weight excluding hydrogens is 349 g/mol. The molecule has 0 saturated heterocycles. The molecule has 5 N–H and O–H groups in total. The van der Waals surface area contributed by atoms with Gasteiger partial charge in [-0.3, -0.25) is 9.59 Å². The smallest absolute Gasteiger partial charge is 0.293 e. The van der Waals surface area contributed by atoms with Gasteiger partial charge in [-0.1, -0.05) is 24.3 Å². The first-order valence-corrected chi connectivity index (χ1v) is 8.63. The third kappa shape index (κ3) is 9.37. The van der Waals surface area contributed by atoms with Crippen molar-refractivity contribution in [1.82, 2.24) is 5.32 Å². The number of nitrogens with one attached hydrogen (secondary N) is 1. The molecule has 1 atom stereocenters. The Bertz CT molecular complexity index is 691. The predicted octanol–water partition coefficient (Wildman–Crippen LogP) is 1.82. The summed E-state index contributed by atoms with van der Waals surface area (Å²) in [6.07, 6.45) is 1.10. The minimum Gasteiger partial charge on any atom is -0.468 e. The number of nitrogen functional groups attached to an aromatic ring is 1. The zero-order chi connectivity index (χ0) is 20.1. The molecular formula is C20H26FN3O3. The predicted molar refractivity (Wildman–Crippen MR) is 103 cm³/mol. The van der Waals surface area contributed by atoms with Crippen molar-refractivity contribution in [3.8, 4) is 0 Å². The van der Waals surface area contributed by atoms with E-state index in [4.69, 9.17) is 11.5 Å². The average Bonchev–Trinajstić information content (AvgIpc) is 2.66. The average molecular weight is 375 g/mol. The molecule has 0 fully saturated rings. The van der Waals surface area contributed by atoms with Gasteiger partial charge in [0.25, 0.3) is 6.47 Å². The molecule has 0 bridgehead atoms. The molecule has 6 nitrogen and oxygen atoms in total.